The number of Topliss-reactive ketones (excluding diaryl/α,β-unsaturated/α-hetero) is 1. The number of rotatable bonds is 6. The van der Waals surface area contributed by atoms with Gasteiger partial charge in [0.2, 0.25) is 0 Å². The van der Waals surface area contributed by atoms with Crippen LogP contribution in [0.4, 0.5) is 0 Å². The zero-order valence-electron chi connectivity index (χ0n) is 12.5. The van der Waals surface area contributed by atoms with Crippen LogP contribution in [0.1, 0.15) is 30.0 Å². The number of hydrogen-bond acceptors (Lipinski definition) is 3. The van der Waals surface area contributed by atoms with Crippen LogP contribution < -0.4 is 0 Å². The standard InChI is InChI=1S/C16H19ClN2O2/c1-4-12-15(17)13(19(2)18-12)10-14(20)16(21-3)11-8-6-5-7-9-11/h5-9,16H,4,10H2,1-3H3. The van der Waals surface area contributed by atoms with Crippen molar-refractivity contribution in [2.75, 3.05) is 7.11 Å². The van der Waals surface area contributed by atoms with Crippen LogP contribution in [0.5, 0.6) is 0 Å². The number of aryl methyl sites for hydroxylation is 2. The number of hydrogen-bond donors (Lipinski definition) is 0. The van der Waals surface area contributed by atoms with Crippen molar-refractivity contribution in [3.05, 3.63) is 52.3 Å². The van der Waals surface area contributed by atoms with Crippen LogP contribution in [0.25, 0.3) is 0 Å². The van der Waals surface area contributed by atoms with Crippen molar-refractivity contribution in [1.29, 1.82) is 0 Å². The number of aromatic nitrogens is 2. The summed E-state index contributed by atoms with van der Waals surface area (Å²) in [5.41, 5.74) is 2.39. The highest BCUT2D eigenvalue weighted by Crippen LogP contribution is 2.25. The summed E-state index contributed by atoms with van der Waals surface area (Å²) in [6.45, 7) is 1.99. The van der Waals surface area contributed by atoms with Gasteiger partial charge in [-0.2, -0.15) is 5.10 Å². The Morgan fingerprint density at radius 2 is 2.05 bits per heavy atom. The fourth-order valence-electron chi connectivity index (χ4n) is 2.35. The molecule has 0 aliphatic rings. The van der Waals surface area contributed by atoms with Crippen LogP contribution in [-0.2, 0) is 29.4 Å². The maximum absolute atomic E-state index is 12.5. The van der Waals surface area contributed by atoms with Gasteiger partial charge in [0.1, 0.15) is 6.10 Å². The Kier molecular flexibility index (Phi) is 5.15. The molecule has 112 valence electrons. The van der Waals surface area contributed by atoms with Crippen molar-refractivity contribution < 1.29 is 9.53 Å². The molecule has 1 unspecified atom stereocenters. The Morgan fingerprint density at radius 3 is 2.57 bits per heavy atom. The molecule has 0 aliphatic carbocycles. The summed E-state index contributed by atoms with van der Waals surface area (Å²) in [6.07, 6.45) is 0.366. The predicted octanol–water partition coefficient (Wildman–Crippen LogP) is 3.14. The van der Waals surface area contributed by atoms with E-state index in [4.69, 9.17) is 16.3 Å². The molecular weight excluding hydrogens is 288 g/mol. The Labute approximate surface area is 129 Å². The summed E-state index contributed by atoms with van der Waals surface area (Å²) >= 11 is 6.29. The molecular formula is C16H19ClN2O2. The second kappa shape index (κ2) is 6.87. The molecule has 21 heavy (non-hydrogen) atoms. The Morgan fingerprint density at radius 1 is 1.38 bits per heavy atom. The van der Waals surface area contributed by atoms with Gasteiger partial charge in [-0.25, -0.2) is 0 Å². The molecule has 1 atom stereocenters. The van der Waals surface area contributed by atoms with Crippen molar-refractivity contribution in [2.24, 2.45) is 7.05 Å². The van der Waals surface area contributed by atoms with Crippen LogP contribution in [0.15, 0.2) is 30.3 Å². The van der Waals surface area contributed by atoms with E-state index in [2.05, 4.69) is 5.10 Å². The summed E-state index contributed by atoms with van der Waals surface area (Å²) in [4.78, 5) is 12.5. The first-order valence-electron chi connectivity index (χ1n) is 6.89. The molecule has 0 saturated carbocycles. The van der Waals surface area contributed by atoms with Gasteiger partial charge in [-0.1, -0.05) is 48.9 Å². The molecule has 0 bridgehead atoms. The third-order valence-corrected chi connectivity index (χ3v) is 3.91. The normalized spacial score (nSPS) is 12.4. The van der Waals surface area contributed by atoms with Crippen molar-refractivity contribution >= 4 is 17.4 Å². The van der Waals surface area contributed by atoms with Crippen molar-refractivity contribution in [3.8, 4) is 0 Å². The molecule has 2 aromatic rings. The van der Waals surface area contributed by atoms with Gasteiger partial charge in [0.05, 0.1) is 22.8 Å². The zero-order chi connectivity index (χ0) is 15.4. The Hall–Kier alpha value is -1.65. The molecule has 5 heteroatoms. The maximum atomic E-state index is 12.5. The van der Waals surface area contributed by atoms with E-state index >= 15 is 0 Å². The van der Waals surface area contributed by atoms with Gasteiger partial charge < -0.3 is 4.74 Å². The zero-order valence-corrected chi connectivity index (χ0v) is 13.2. The molecule has 0 spiro atoms. The summed E-state index contributed by atoms with van der Waals surface area (Å²) in [7, 11) is 3.34. The van der Waals surface area contributed by atoms with Crippen molar-refractivity contribution in [1.82, 2.24) is 9.78 Å². The summed E-state index contributed by atoms with van der Waals surface area (Å²) in [5.74, 6) is -0.0312. The minimum Gasteiger partial charge on any atom is -0.369 e. The predicted molar refractivity (Wildman–Crippen MR) is 82.5 cm³/mol. The average molecular weight is 307 g/mol. The van der Waals surface area contributed by atoms with E-state index in [0.717, 1.165) is 23.4 Å². The van der Waals surface area contributed by atoms with Crippen molar-refractivity contribution in [2.45, 2.75) is 25.9 Å². The number of halogens is 1. The van der Waals surface area contributed by atoms with E-state index in [1.807, 2.05) is 37.3 Å². The van der Waals surface area contributed by atoms with Crippen LogP contribution in [0.3, 0.4) is 0 Å². The lowest BCUT2D eigenvalue weighted by atomic mass is 10.0. The molecule has 1 heterocycles. The average Bonchev–Trinajstić information content (AvgIpc) is 2.76. The van der Waals surface area contributed by atoms with E-state index in [0.29, 0.717) is 5.02 Å². The first-order valence-corrected chi connectivity index (χ1v) is 7.27. The number of ether oxygens (including phenoxy) is 1. The van der Waals surface area contributed by atoms with Crippen LogP contribution in [0, 0.1) is 0 Å². The van der Waals surface area contributed by atoms with E-state index in [9.17, 15) is 4.79 Å². The smallest absolute Gasteiger partial charge is 0.172 e. The SMILES string of the molecule is CCc1nn(C)c(CC(=O)C(OC)c2ccccc2)c1Cl. The number of methoxy groups -OCH3 is 1. The van der Waals surface area contributed by atoms with Gasteiger partial charge in [-0.3, -0.25) is 9.48 Å². The number of carbonyl (C=O) groups is 1. The lowest BCUT2D eigenvalue weighted by Gasteiger charge is -2.14. The molecule has 2 rings (SSSR count). The van der Waals surface area contributed by atoms with E-state index in [1.165, 1.54) is 7.11 Å². The van der Waals surface area contributed by atoms with Gasteiger partial charge in [0, 0.05) is 14.2 Å². The molecule has 0 fully saturated rings. The molecule has 0 aliphatic heterocycles. The minimum absolute atomic E-state index is 0.0312. The number of nitrogens with zero attached hydrogens (tertiary/aromatic N) is 2. The van der Waals surface area contributed by atoms with Gasteiger partial charge in [-0.05, 0) is 12.0 Å². The molecule has 0 amide bonds. The third kappa shape index (κ3) is 3.34. The summed E-state index contributed by atoms with van der Waals surface area (Å²) in [5, 5.41) is 4.91. The molecule has 1 aromatic carbocycles. The lowest BCUT2D eigenvalue weighted by molar-refractivity contribution is -0.128. The quantitative estimate of drug-likeness (QED) is 0.823. The number of carbonyl (C=O) groups excluding carboxylic acids is 1. The summed E-state index contributed by atoms with van der Waals surface area (Å²) < 4.78 is 7.04. The monoisotopic (exact) mass is 306 g/mol. The third-order valence-electron chi connectivity index (χ3n) is 3.48. The largest absolute Gasteiger partial charge is 0.369 e. The second-order valence-electron chi connectivity index (χ2n) is 4.85. The van der Waals surface area contributed by atoms with Gasteiger partial charge >= 0.3 is 0 Å². The summed E-state index contributed by atoms with van der Waals surface area (Å²) in [6, 6.07) is 9.46. The lowest BCUT2D eigenvalue weighted by Crippen LogP contribution is -2.18. The van der Waals surface area contributed by atoms with Crippen LogP contribution in [0.2, 0.25) is 5.02 Å². The second-order valence-corrected chi connectivity index (χ2v) is 5.23. The highest BCUT2D eigenvalue weighted by Gasteiger charge is 2.23. The van der Waals surface area contributed by atoms with E-state index in [-0.39, 0.29) is 12.2 Å². The molecule has 0 N–H and O–H groups in total. The minimum atomic E-state index is -0.581. The van der Waals surface area contributed by atoms with E-state index < -0.39 is 6.10 Å². The topological polar surface area (TPSA) is 44.1 Å². The van der Waals surface area contributed by atoms with Gasteiger partial charge in [-0.15, -0.1) is 0 Å². The van der Waals surface area contributed by atoms with Crippen LogP contribution >= 0.6 is 11.6 Å². The van der Waals surface area contributed by atoms with E-state index in [1.54, 1.807) is 11.7 Å². The maximum Gasteiger partial charge on any atom is 0.172 e. The highest BCUT2D eigenvalue weighted by atomic mass is 35.5. The van der Waals surface area contributed by atoms with Crippen LogP contribution in [-0.4, -0.2) is 22.7 Å². The molecule has 0 radical (unpaired) electrons. The molecule has 0 saturated heterocycles. The Balaban J connectivity index is 2.23. The number of benzene rings is 1. The first-order chi connectivity index (χ1) is 10.1. The molecule has 1 aromatic heterocycles. The molecule has 4 nitrogen and oxygen atoms in total. The van der Waals surface area contributed by atoms with Gasteiger partial charge in [0.15, 0.2) is 5.78 Å². The van der Waals surface area contributed by atoms with Crippen molar-refractivity contribution in [3.63, 3.8) is 0 Å². The first kappa shape index (κ1) is 15.7. The number of ketones is 1. The Bertz CT molecular complexity index is 623. The highest BCUT2D eigenvalue weighted by molar-refractivity contribution is 6.32. The fraction of sp³-hybridized carbons (Fsp3) is 0.375. The fourth-order valence-corrected chi connectivity index (χ4v) is 2.71. The van der Waals surface area contributed by atoms with Gasteiger partial charge in [0.25, 0.3) is 0 Å².